The van der Waals surface area contributed by atoms with Crippen molar-refractivity contribution in [2.75, 3.05) is 11.5 Å². The maximum atomic E-state index is 11.4. The molecule has 0 bridgehead atoms. The van der Waals surface area contributed by atoms with Gasteiger partial charge in [0.05, 0.1) is 11.8 Å². The summed E-state index contributed by atoms with van der Waals surface area (Å²) in [7, 11) is -3.06. The number of rotatable bonds is 7. The van der Waals surface area contributed by atoms with E-state index in [1.807, 2.05) is 13.8 Å². The lowest BCUT2D eigenvalue weighted by atomic mass is 10.00. The van der Waals surface area contributed by atoms with Crippen LogP contribution in [0.2, 0.25) is 0 Å². The predicted molar refractivity (Wildman–Crippen MR) is 61.4 cm³/mol. The molecule has 0 saturated carbocycles. The fraction of sp³-hybridized carbons (Fsp3) is 0.900. The van der Waals surface area contributed by atoms with E-state index in [4.69, 9.17) is 5.73 Å². The third kappa shape index (κ3) is 5.89. The molecule has 0 aliphatic heterocycles. The van der Waals surface area contributed by atoms with Gasteiger partial charge in [0, 0.05) is 12.2 Å². The van der Waals surface area contributed by atoms with Crippen molar-refractivity contribution in [3.05, 3.63) is 0 Å². The first-order valence-electron chi connectivity index (χ1n) is 5.29. The van der Waals surface area contributed by atoms with Gasteiger partial charge in [-0.25, -0.2) is 8.42 Å². The lowest BCUT2D eigenvalue weighted by molar-refractivity contribution is -0.120. The third-order valence-corrected chi connectivity index (χ3v) is 4.12. The first kappa shape index (κ1) is 14.6. The van der Waals surface area contributed by atoms with Crippen LogP contribution >= 0.6 is 0 Å². The van der Waals surface area contributed by atoms with Crippen molar-refractivity contribution in [1.29, 1.82) is 0 Å². The lowest BCUT2D eigenvalue weighted by Crippen LogP contribution is -2.36. The highest BCUT2D eigenvalue weighted by Crippen LogP contribution is 2.04. The molecule has 0 fully saturated rings. The first-order valence-corrected chi connectivity index (χ1v) is 7.11. The first-order chi connectivity index (χ1) is 6.80. The van der Waals surface area contributed by atoms with Gasteiger partial charge in [-0.2, -0.15) is 0 Å². The van der Waals surface area contributed by atoms with Gasteiger partial charge in [-0.15, -0.1) is 0 Å². The van der Waals surface area contributed by atoms with Gasteiger partial charge in [0.1, 0.15) is 0 Å². The van der Waals surface area contributed by atoms with Gasteiger partial charge in [0.2, 0.25) is 0 Å². The minimum atomic E-state index is -3.06. The Morgan fingerprint density at radius 1 is 1.27 bits per heavy atom. The zero-order valence-electron chi connectivity index (χ0n) is 9.69. The molecule has 0 amide bonds. The summed E-state index contributed by atoms with van der Waals surface area (Å²) in [5, 5.41) is 0. The van der Waals surface area contributed by atoms with E-state index >= 15 is 0 Å². The minimum absolute atomic E-state index is 0.0433. The van der Waals surface area contributed by atoms with Gasteiger partial charge >= 0.3 is 0 Å². The summed E-state index contributed by atoms with van der Waals surface area (Å²) in [5.41, 5.74) is 5.62. The molecule has 1 atom stereocenters. The zero-order valence-corrected chi connectivity index (χ0v) is 10.5. The van der Waals surface area contributed by atoms with Crippen molar-refractivity contribution in [2.24, 2.45) is 11.7 Å². The van der Waals surface area contributed by atoms with Crippen molar-refractivity contribution in [3.63, 3.8) is 0 Å². The quantitative estimate of drug-likeness (QED) is 0.706. The van der Waals surface area contributed by atoms with Crippen molar-refractivity contribution < 1.29 is 13.2 Å². The standard InChI is InChI=1S/C10H21NO3S/c1-4-6-15(13,14)7-5-9(12)10(11)8(2)3/h8,10H,4-7,11H2,1-3H3. The molecule has 0 aliphatic carbocycles. The number of nitrogens with two attached hydrogens (primary N) is 1. The number of carbonyl (C=O) groups excluding carboxylic acids is 1. The van der Waals surface area contributed by atoms with E-state index in [2.05, 4.69) is 0 Å². The molecule has 2 N–H and O–H groups in total. The van der Waals surface area contributed by atoms with Gasteiger partial charge in [0.25, 0.3) is 0 Å². The molecule has 0 aromatic rings. The summed E-state index contributed by atoms with van der Waals surface area (Å²) in [6.07, 6.45) is 0.633. The van der Waals surface area contributed by atoms with Gasteiger partial charge in [-0.3, -0.25) is 4.79 Å². The molecule has 90 valence electrons. The second kappa shape index (κ2) is 6.23. The van der Waals surface area contributed by atoms with E-state index in [9.17, 15) is 13.2 Å². The fourth-order valence-electron chi connectivity index (χ4n) is 1.21. The van der Waals surface area contributed by atoms with Gasteiger partial charge in [-0.05, 0) is 12.3 Å². The number of carbonyl (C=O) groups is 1. The number of sulfone groups is 1. The highest BCUT2D eigenvalue weighted by atomic mass is 32.2. The van der Waals surface area contributed by atoms with Crippen LogP contribution in [0.15, 0.2) is 0 Å². The van der Waals surface area contributed by atoms with Crippen LogP contribution in [0.4, 0.5) is 0 Å². The van der Waals surface area contributed by atoms with Crippen LogP contribution in [-0.4, -0.2) is 31.7 Å². The Morgan fingerprint density at radius 2 is 1.80 bits per heavy atom. The Morgan fingerprint density at radius 3 is 2.20 bits per heavy atom. The van der Waals surface area contributed by atoms with E-state index < -0.39 is 15.9 Å². The molecule has 0 rings (SSSR count). The molecule has 4 nitrogen and oxygen atoms in total. The summed E-state index contributed by atoms with van der Waals surface area (Å²) < 4.78 is 22.7. The van der Waals surface area contributed by atoms with E-state index in [0.29, 0.717) is 6.42 Å². The summed E-state index contributed by atoms with van der Waals surface area (Å²) in [5.74, 6) is -0.0202. The maximum Gasteiger partial charge on any atom is 0.150 e. The topological polar surface area (TPSA) is 77.2 Å². The highest BCUT2D eigenvalue weighted by molar-refractivity contribution is 7.91. The number of hydrogen-bond acceptors (Lipinski definition) is 4. The van der Waals surface area contributed by atoms with Gasteiger partial charge < -0.3 is 5.73 Å². The van der Waals surface area contributed by atoms with Crippen LogP contribution in [0.3, 0.4) is 0 Å². The second-order valence-electron chi connectivity index (χ2n) is 4.14. The molecule has 5 heteroatoms. The normalized spacial score (nSPS) is 14.2. The van der Waals surface area contributed by atoms with Crippen LogP contribution in [0, 0.1) is 5.92 Å². The van der Waals surface area contributed by atoms with Crippen molar-refractivity contribution >= 4 is 15.6 Å². The van der Waals surface area contributed by atoms with Crippen LogP contribution in [0.1, 0.15) is 33.6 Å². The monoisotopic (exact) mass is 235 g/mol. The molecule has 0 aromatic carbocycles. The molecular formula is C10H21NO3S. The molecule has 1 unspecified atom stereocenters. The summed E-state index contributed by atoms with van der Waals surface area (Å²) in [6, 6.07) is -0.540. The van der Waals surface area contributed by atoms with Crippen molar-refractivity contribution in [3.8, 4) is 0 Å². The smallest absolute Gasteiger partial charge is 0.150 e. The Hall–Kier alpha value is -0.420. The molecule has 0 saturated heterocycles. The molecule has 0 radical (unpaired) electrons. The van der Waals surface area contributed by atoms with Crippen LogP contribution < -0.4 is 5.73 Å². The van der Waals surface area contributed by atoms with Crippen LogP contribution in [0.25, 0.3) is 0 Å². The van der Waals surface area contributed by atoms with Crippen LogP contribution in [-0.2, 0) is 14.6 Å². The molecule has 0 heterocycles. The second-order valence-corrected chi connectivity index (χ2v) is 6.44. The SMILES string of the molecule is CCCS(=O)(=O)CCC(=O)C(N)C(C)C. The van der Waals surface area contributed by atoms with Crippen molar-refractivity contribution in [2.45, 2.75) is 39.7 Å². The van der Waals surface area contributed by atoms with Crippen molar-refractivity contribution in [1.82, 2.24) is 0 Å². The molecule has 0 aromatic heterocycles. The van der Waals surface area contributed by atoms with E-state index in [1.54, 1.807) is 6.92 Å². The fourth-order valence-corrected chi connectivity index (χ4v) is 2.55. The zero-order chi connectivity index (χ0) is 12.1. The summed E-state index contributed by atoms with van der Waals surface area (Å²) in [4.78, 5) is 11.4. The number of Topliss-reactive ketones (excluding diaryl/α,β-unsaturated/α-hetero) is 1. The minimum Gasteiger partial charge on any atom is -0.321 e. The average molecular weight is 235 g/mol. The number of ketones is 1. The lowest BCUT2D eigenvalue weighted by Gasteiger charge is -2.13. The Balaban J connectivity index is 4.12. The largest absolute Gasteiger partial charge is 0.321 e. The van der Waals surface area contributed by atoms with E-state index in [1.165, 1.54) is 0 Å². The maximum absolute atomic E-state index is 11.4. The van der Waals surface area contributed by atoms with Gasteiger partial charge in [0.15, 0.2) is 15.6 Å². The molecule has 15 heavy (non-hydrogen) atoms. The predicted octanol–water partition coefficient (Wildman–Crippen LogP) is 0.754. The van der Waals surface area contributed by atoms with Gasteiger partial charge in [-0.1, -0.05) is 20.8 Å². The summed E-state index contributed by atoms with van der Waals surface area (Å²) in [6.45, 7) is 5.51. The Labute approximate surface area is 92.2 Å². The molecule has 0 aliphatic rings. The van der Waals surface area contributed by atoms with Crippen LogP contribution in [0.5, 0.6) is 0 Å². The highest BCUT2D eigenvalue weighted by Gasteiger charge is 2.19. The molecular weight excluding hydrogens is 214 g/mol. The van der Waals surface area contributed by atoms with E-state index in [-0.39, 0.29) is 29.6 Å². The number of hydrogen-bond donors (Lipinski definition) is 1. The molecule has 0 spiro atoms. The van der Waals surface area contributed by atoms with E-state index in [0.717, 1.165) is 0 Å². The summed E-state index contributed by atoms with van der Waals surface area (Å²) >= 11 is 0. The Bertz CT molecular complexity index is 296. The third-order valence-electron chi connectivity index (χ3n) is 2.26. The Kier molecular flexibility index (Phi) is 6.05. The average Bonchev–Trinajstić information content (AvgIpc) is 2.13.